The molecule has 0 heterocycles. The normalized spacial score (nSPS) is 12.2. The van der Waals surface area contributed by atoms with E-state index in [1.807, 2.05) is 37.4 Å². The monoisotopic (exact) mass is 323 g/mol. The lowest BCUT2D eigenvalue weighted by Gasteiger charge is -2.15. The molecule has 0 bridgehead atoms. The van der Waals surface area contributed by atoms with E-state index in [0.717, 1.165) is 17.7 Å². The second-order valence-electron chi connectivity index (χ2n) is 4.81. The molecule has 0 radical (unpaired) electrons. The van der Waals surface area contributed by atoms with Crippen molar-refractivity contribution in [2.45, 2.75) is 26.0 Å². The van der Waals surface area contributed by atoms with Gasteiger partial charge in [-0.1, -0.05) is 48.3 Å². The number of ether oxygens (including phenoxy) is 1. The predicted octanol–water partition coefficient (Wildman–Crippen LogP) is 5.24. The van der Waals surface area contributed by atoms with Gasteiger partial charge in [-0.3, -0.25) is 0 Å². The number of hydrogen-bond donors (Lipinski definition) is 1. The van der Waals surface area contributed by atoms with Gasteiger partial charge >= 0.3 is 0 Å². The van der Waals surface area contributed by atoms with Crippen LogP contribution in [0, 0.1) is 0 Å². The molecule has 0 aliphatic rings. The SMILES string of the molecule is CCC(NC)c1ccc(OCc2c(Cl)cccc2Cl)cc1. The molecular formula is C17H19Cl2NO. The van der Waals surface area contributed by atoms with Crippen LogP contribution < -0.4 is 10.1 Å². The van der Waals surface area contributed by atoms with Crippen molar-refractivity contribution in [1.29, 1.82) is 0 Å². The summed E-state index contributed by atoms with van der Waals surface area (Å²) in [5.74, 6) is 0.806. The van der Waals surface area contributed by atoms with E-state index in [9.17, 15) is 0 Å². The third kappa shape index (κ3) is 4.13. The standard InChI is InChI=1S/C17H19Cl2NO/c1-3-17(20-2)12-7-9-13(10-8-12)21-11-14-15(18)5-4-6-16(14)19/h4-10,17,20H,3,11H2,1-2H3. The molecule has 0 aromatic heterocycles. The smallest absolute Gasteiger partial charge is 0.119 e. The average molecular weight is 324 g/mol. The van der Waals surface area contributed by atoms with E-state index in [2.05, 4.69) is 24.4 Å². The van der Waals surface area contributed by atoms with Gasteiger partial charge in [0.15, 0.2) is 0 Å². The zero-order chi connectivity index (χ0) is 15.2. The molecule has 0 spiro atoms. The van der Waals surface area contributed by atoms with Gasteiger partial charge in [0, 0.05) is 21.7 Å². The second kappa shape index (κ2) is 7.69. The first-order valence-corrected chi connectivity index (χ1v) is 7.74. The lowest BCUT2D eigenvalue weighted by atomic mass is 10.0. The van der Waals surface area contributed by atoms with Crippen LogP contribution in [0.15, 0.2) is 42.5 Å². The summed E-state index contributed by atoms with van der Waals surface area (Å²) >= 11 is 12.3. The summed E-state index contributed by atoms with van der Waals surface area (Å²) in [5.41, 5.74) is 2.06. The van der Waals surface area contributed by atoms with Crippen LogP contribution in [0.5, 0.6) is 5.75 Å². The topological polar surface area (TPSA) is 21.3 Å². The van der Waals surface area contributed by atoms with Crippen molar-refractivity contribution in [3.63, 3.8) is 0 Å². The first-order chi connectivity index (χ1) is 10.2. The van der Waals surface area contributed by atoms with Crippen molar-refractivity contribution in [2.75, 3.05) is 7.05 Å². The molecule has 0 aliphatic heterocycles. The van der Waals surface area contributed by atoms with Gasteiger partial charge in [-0.25, -0.2) is 0 Å². The Hall–Kier alpha value is -1.22. The van der Waals surface area contributed by atoms with Crippen LogP contribution in [0.2, 0.25) is 10.0 Å². The number of halogens is 2. The molecule has 21 heavy (non-hydrogen) atoms. The summed E-state index contributed by atoms with van der Waals surface area (Å²) in [5, 5.41) is 4.54. The molecule has 0 aliphatic carbocycles. The summed E-state index contributed by atoms with van der Waals surface area (Å²) in [6.45, 7) is 2.52. The van der Waals surface area contributed by atoms with Gasteiger partial charge in [-0.05, 0) is 43.3 Å². The van der Waals surface area contributed by atoms with E-state index in [1.54, 1.807) is 0 Å². The van der Waals surface area contributed by atoms with E-state index < -0.39 is 0 Å². The molecule has 0 saturated carbocycles. The van der Waals surface area contributed by atoms with Crippen molar-refractivity contribution >= 4 is 23.2 Å². The lowest BCUT2D eigenvalue weighted by Crippen LogP contribution is -2.14. The van der Waals surface area contributed by atoms with Crippen molar-refractivity contribution < 1.29 is 4.74 Å². The van der Waals surface area contributed by atoms with Crippen LogP contribution >= 0.6 is 23.2 Å². The van der Waals surface area contributed by atoms with Crippen molar-refractivity contribution in [3.05, 3.63) is 63.6 Å². The van der Waals surface area contributed by atoms with Gasteiger partial charge in [0.1, 0.15) is 12.4 Å². The Kier molecular flexibility index (Phi) is 5.92. The maximum absolute atomic E-state index is 6.13. The van der Waals surface area contributed by atoms with Gasteiger partial charge in [0.25, 0.3) is 0 Å². The molecule has 2 aromatic rings. The Morgan fingerprint density at radius 3 is 2.19 bits per heavy atom. The molecule has 1 N–H and O–H groups in total. The maximum Gasteiger partial charge on any atom is 0.119 e. The fraction of sp³-hybridized carbons (Fsp3) is 0.294. The Bertz CT molecular complexity index is 560. The summed E-state index contributed by atoms with van der Waals surface area (Å²) in [4.78, 5) is 0. The molecule has 1 atom stereocenters. The van der Waals surface area contributed by atoms with Crippen LogP contribution in [0.4, 0.5) is 0 Å². The first-order valence-electron chi connectivity index (χ1n) is 6.98. The van der Waals surface area contributed by atoms with Gasteiger partial charge in [-0.2, -0.15) is 0 Å². The molecule has 0 saturated heterocycles. The fourth-order valence-corrected chi connectivity index (χ4v) is 2.74. The minimum Gasteiger partial charge on any atom is -0.489 e. The number of benzene rings is 2. The molecule has 112 valence electrons. The van der Waals surface area contributed by atoms with Crippen LogP contribution in [-0.4, -0.2) is 7.05 Å². The Morgan fingerprint density at radius 1 is 1.05 bits per heavy atom. The molecule has 0 fully saturated rings. The maximum atomic E-state index is 6.13. The largest absolute Gasteiger partial charge is 0.489 e. The van der Waals surface area contributed by atoms with Crippen LogP contribution in [0.3, 0.4) is 0 Å². The Morgan fingerprint density at radius 2 is 1.67 bits per heavy atom. The van der Waals surface area contributed by atoms with Crippen molar-refractivity contribution in [1.82, 2.24) is 5.32 Å². The van der Waals surface area contributed by atoms with Crippen LogP contribution in [-0.2, 0) is 6.61 Å². The zero-order valence-electron chi connectivity index (χ0n) is 12.2. The van der Waals surface area contributed by atoms with E-state index in [-0.39, 0.29) is 0 Å². The minimum atomic E-state index is 0.362. The van der Waals surface area contributed by atoms with Crippen LogP contribution in [0.25, 0.3) is 0 Å². The van der Waals surface area contributed by atoms with Crippen molar-refractivity contribution in [3.8, 4) is 5.75 Å². The first kappa shape index (κ1) is 16.2. The van der Waals surface area contributed by atoms with Gasteiger partial charge < -0.3 is 10.1 Å². The second-order valence-corrected chi connectivity index (χ2v) is 5.62. The average Bonchev–Trinajstić information content (AvgIpc) is 2.49. The molecule has 4 heteroatoms. The minimum absolute atomic E-state index is 0.362. The van der Waals surface area contributed by atoms with Gasteiger partial charge in [0.05, 0.1) is 0 Å². The van der Waals surface area contributed by atoms with E-state index in [0.29, 0.717) is 22.7 Å². The predicted molar refractivity (Wildman–Crippen MR) is 89.3 cm³/mol. The lowest BCUT2D eigenvalue weighted by molar-refractivity contribution is 0.306. The van der Waals surface area contributed by atoms with Crippen LogP contribution in [0.1, 0.15) is 30.5 Å². The third-order valence-corrected chi connectivity index (χ3v) is 4.19. The Labute approximate surface area is 136 Å². The summed E-state index contributed by atoms with van der Waals surface area (Å²) < 4.78 is 5.77. The molecule has 2 nitrogen and oxygen atoms in total. The third-order valence-electron chi connectivity index (χ3n) is 3.48. The zero-order valence-corrected chi connectivity index (χ0v) is 13.7. The summed E-state index contributed by atoms with van der Waals surface area (Å²) in [7, 11) is 1.97. The highest BCUT2D eigenvalue weighted by Crippen LogP contribution is 2.26. The molecule has 0 amide bonds. The molecule has 2 rings (SSSR count). The number of hydrogen-bond acceptors (Lipinski definition) is 2. The van der Waals surface area contributed by atoms with E-state index in [4.69, 9.17) is 27.9 Å². The molecular weight excluding hydrogens is 305 g/mol. The highest BCUT2D eigenvalue weighted by molar-refractivity contribution is 6.35. The number of rotatable bonds is 6. The summed E-state index contributed by atoms with van der Waals surface area (Å²) in [6, 6.07) is 13.9. The fourth-order valence-electron chi connectivity index (χ4n) is 2.23. The van der Waals surface area contributed by atoms with Gasteiger partial charge in [-0.15, -0.1) is 0 Å². The van der Waals surface area contributed by atoms with Crippen molar-refractivity contribution in [2.24, 2.45) is 0 Å². The quantitative estimate of drug-likeness (QED) is 0.784. The van der Waals surface area contributed by atoms with E-state index >= 15 is 0 Å². The van der Waals surface area contributed by atoms with Gasteiger partial charge in [0.2, 0.25) is 0 Å². The molecule has 2 aromatic carbocycles. The van der Waals surface area contributed by atoms with E-state index in [1.165, 1.54) is 5.56 Å². The highest BCUT2D eigenvalue weighted by Gasteiger charge is 2.08. The Balaban J connectivity index is 2.04. The highest BCUT2D eigenvalue weighted by atomic mass is 35.5. The molecule has 1 unspecified atom stereocenters. The summed E-state index contributed by atoms with van der Waals surface area (Å²) in [6.07, 6.45) is 1.05. The number of nitrogens with one attached hydrogen (secondary N) is 1.